The van der Waals surface area contributed by atoms with Gasteiger partial charge in [0.05, 0.1) is 18.2 Å². The molecule has 1 saturated carbocycles. The summed E-state index contributed by atoms with van der Waals surface area (Å²) >= 11 is 0. The highest BCUT2D eigenvalue weighted by Gasteiger charge is 2.24. The Kier molecular flexibility index (Phi) is 2.71. The molecule has 0 atom stereocenters. The fraction of sp³-hybridized carbons (Fsp3) is 0.500. The molecule has 15 heavy (non-hydrogen) atoms. The average Bonchev–Trinajstić information content (AvgIpc) is 2.95. The van der Waals surface area contributed by atoms with Gasteiger partial charge < -0.3 is 4.57 Å². The highest BCUT2D eigenvalue weighted by molar-refractivity contribution is 5.81. The lowest BCUT2D eigenvalue weighted by Gasteiger charge is -2.06. The maximum Gasteiger partial charge on any atom is 0.146 e. The van der Waals surface area contributed by atoms with Crippen molar-refractivity contribution in [3.8, 4) is 0 Å². The standard InChI is InChI=1S/C12H16N2O/c1-9(2)10(7-15)5-12-6-13-8-14(12)11-3-4-11/h5-9,11H,3-4H2,1-2H3. The zero-order valence-corrected chi connectivity index (χ0v) is 9.18. The molecule has 3 nitrogen and oxygen atoms in total. The second-order valence-corrected chi connectivity index (χ2v) is 4.37. The van der Waals surface area contributed by atoms with E-state index in [0.29, 0.717) is 6.04 Å². The highest BCUT2D eigenvalue weighted by Crippen LogP contribution is 2.36. The van der Waals surface area contributed by atoms with Gasteiger partial charge in [-0.2, -0.15) is 0 Å². The van der Waals surface area contributed by atoms with E-state index in [1.807, 2.05) is 32.4 Å². The summed E-state index contributed by atoms with van der Waals surface area (Å²) in [4.78, 5) is 15.0. The number of allylic oxidation sites excluding steroid dienone is 1. The molecule has 0 N–H and O–H groups in total. The van der Waals surface area contributed by atoms with Gasteiger partial charge in [-0.1, -0.05) is 13.8 Å². The van der Waals surface area contributed by atoms with Gasteiger partial charge in [0.25, 0.3) is 0 Å². The van der Waals surface area contributed by atoms with Crippen LogP contribution in [0.5, 0.6) is 0 Å². The van der Waals surface area contributed by atoms with Crippen molar-refractivity contribution in [3.63, 3.8) is 0 Å². The normalized spacial score (nSPS) is 17.1. The number of carbonyl (C=O) groups is 1. The summed E-state index contributed by atoms with van der Waals surface area (Å²) in [5.74, 6) is 0.269. The Morgan fingerprint density at radius 2 is 2.33 bits per heavy atom. The summed E-state index contributed by atoms with van der Waals surface area (Å²) in [7, 11) is 0. The molecule has 1 aromatic rings. The average molecular weight is 204 g/mol. The number of aromatic nitrogens is 2. The largest absolute Gasteiger partial charge is 0.328 e. The summed E-state index contributed by atoms with van der Waals surface area (Å²) in [6, 6.07) is 0.610. The molecule has 0 aromatic carbocycles. The molecule has 0 saturated heterocycles. The van der Waals surface area contributed by atoms with Crippen molar-refractivity contribution in [1.29, 1.82) is 0 Å². The Morgan fingerprint density at radius 3 is 2.87 bits per heavy atom. The van der Waals surface area contributed by atoms with E-state index in [1.165, 1.54) is 12.8 Å². The molecular formula is C12H16N2O. The van der Waals surface area contributed by atoms with Crippen molar-refractivity contribution in [2.75, 3.05) is 0 Å². The van der Waals surface area contributed by atoms with Crippen LogP contribution in [0, 0.1) is 5.92 Å². The van der Waals surface area contributed by atoms with Crippen LogP contribution in [-0.4, -0.2) is 15.8 Å². The third-order valence-electron chi connectivity index (χ3n) is 2.75. The minimum atomic E-state index is 0.269. The van der Waals surface area contributed by atoms with E-state index in [-0.39, 0.29) is 5.92 Å². The fourth-order valence-electron chi connectivity index (χ4n) is 1.59. The molecule has 1 heterocycles. The minimum Gasteiger partial charge on any atom is -0.328 e. The van der Waals surface area contributed by atoms with Crippen molar-refractivity contribution < 1.29 is 4.79 Å². The summed E-state index contributed by atoms with van der Waals surface area (Å²) in [5, 5.41) is 0. The number of carbonyl (C=O) groups excluding carboxylic acids is 1. The van der Waals surface area contributed by atoms with Crippen LogP contribution < -0.4 is 0 Å². The van der Waals surface area contributed by atoms with Crippen molar-refractivity contribution in [2.24, 2.45) is 5.92 Å². The second kappa shape index (κ2) is 4.01. The third kappa shape index (κ3) is 2.17. The molecule has 1 aliphatic rings. The van der Waals surface area contributed by atoms with Crippen LogP contribution in [0.4, 0.5) is 0 Å². The molecule has 1 fully saturated rings. The van der Waals surface area contributed by atoms with Crippen LogP contribution in [0.25, 0.3) is 6.08 Å². The van der Waals surface area contributed by atoms with E-state index in [1.54, 1.807) is 0 Å². The Balaban J connectivity index is 2.28. The molecule has 2 rings (SSSR count). The van der Waals surface area contributed by atoms with E-state index in [4.69, 9.17) is 0 Å². The monoisotopic (exact) mass is 204 g/mol. The summed E-state index contributed by atoms with van der Waals surface area (Å²) in [5.41, 5.74) is 1.88. The number of nitrogens with zero attached hydrogens (tertiary/aromatic N) is 2. The Morgan fingerprint density at radius 1 is 1.60 bits per heavy atom. The van der Waals surface area contributed by atoms with Crippen LogP contribution in [0.3, 0.4) is 0 Å². The molecule has 1 aromatic heterocycles. The smallest absolute Gasteiger partial charge is 0.146 e. The zero-order valence-electron chi connectivity index (χ0n) is 9.18. The topological polar surface area (TPSA) is 34.9 Å². The Labute approximate surface area is 89.8 Å². The zero-order chi connectivity index (χ0) is 10.8. The minimum absolute atomic E-state index is 0.269. The van der Waals surface area contributed by atoms with Gasteiger partial charge in [-0.25, -0.2) is 4.98 Å². The summed E-state index contributed by atoms with van der Waals surface area (Å²) in [6.07, 6.45) is 9.03. The lowest BCUT2D eigenvalue weighted by Crippen LogP contribution is -1.99. The summed E-state index contributed by atoms with van der Waals surface area (Å²) < 4.78 is 2.16. The maximum absolute atomic E-state index is 10.9. The van der Waals surface area contributed by atoms with Gasteiger partial charge in [0, 0.05) is 6.04 Å². The second-order valence-electron chi connectivity index (χ2n) is 4.37. The first kappa shape index (κ1) is 10.1. The highest BCUT2D eigenvalue weighted by atomic mass is 16.1. The molecule has 80 valence electrons. The van der Waals surface area contributed by atoms with Crippen LogP contribution in [0.2, 0.25) is 0 Å². The van der Waals surface area contributed by atoms with E-state index in [2.05, 4.69) is 9.55 Å². The lowest BCUT2D eigenvalue weighted by molar-refractivity contribution is -0.105. The maximum atomic E-state index is 10.9. The first-order valence-electron chi connectivity index (χ1n) is 5.41. The van der Waals surface area contributed by atoms with Gasteiger partial charge in [0.15, 0.2) is 0 Å². The van der Waals surface area contributed by atoms with Gasteiger partial charge in [0.1, 0.15) is 6.29 Å². The lowest BCUT2D eigenvalue weighted by atomic mass is 10.0. The number of hydrogen-bond acceptors (Lipinski definition) is 2. The molecule has 3 heteroatoms. The number of aldehydes is 1. The molecule has 0 aliphatic heterocycles. The van der Waals surface area contributed by atoms with Crippen LogP contribution in [-0.2, 0) is 4.79 Å². The molecular weight excluding hydrogens is 188 g/mol. The van der Waals surface area contributed by atoms with Gasteiger partial charge in [-0.3, -0.25) is 4.79 Å². The van der Waals surface area contributed by atoms with Crippen LogP contribution >= 0.6 is 0 Å². The van der Waals surface area contributed by atoms with Crippen molar-refractivity contribution in [3.05, 3.63) is 23.8 Å². The predicted octanol–water partition coefficient (Wildman–Crippen LogP) is 2.46. The summed E-state index contributed by atoms with van der Waals surface area (Å²) in [6.45, 7) is 4.05. The van der Waals surface area contributed by atoms with E-state index >= 15 is 0 Å². The fourth-order valence-corrected chi connectivity index (χ4v) is 1.59. The quantitative estimate of drug-likeness (QED) is 0.557. The van der Waals surface area contributed by atoms with Gasteiger partial charge in [-0.05, 0) is 30.4 Å². The predicted molar refractivity (Wildman–Crippen MR) is 59.4 cm³/mol. The number of imidazole rings is 1. The number of rotatable bonds is 4. The van der Waals surface area contributed by atoms with Gasteiger partial charge in [-0.15, -0.1) is 0 Å². The van der Waals surface area contributed by atoms with Gasteiger partial charge >= 0.3 is 0 Å². The molecule has 0 spiro atoms. The molecule has 0 amide bonds. The Bertz CT molecular complexity index is 386. The molecule has 0 unspecified atom stereocenters. The Hall–Kier alpha value is -1.38. The molecule has 0 bridgehead atoms. The molecule has 0 radical (unpaired) electrons. The van der Waals surface area contributed by atoms with E-state index in [9.17, 15) is 4.79 Å². The van der Waals surface area contributed by atoms with Crippen molar-refractivity contribution in [1.82, 2.24) is 9.55 Å². The van der Waals surface area contributed by atoms with Crippen LogP contribution in [0.1, 0.15) is 38.4 Å². The number of hydrogen-bond donors (Lipinski definition) is 0. The van der Waals surface area contributed by atoms with Gasteiger partial charge in [0.2, 0.25) is 0 Å². The molecule has 1 aliphatic carbocycles. The first-order valence-corrected chi connectivity index (χ1v) is 5.41. The van der Waals surface area contributed by atoms with Crippen molar-refractivity contribution >= 4 is 12.4 Å². The SMILES string of the molecule is CC(C)C(C=O)=Cc1cncn1C1CC1. The van der Waals surface area contributed by atoms with E-state index < -0.39 is 0 Å². The van der Waals surface area contributed by atoms with E-state index in [0.717, 1.165) is 17.6 Å². The van der Waals surface area contributed by atoms with Crippen molar-refractivity contribution in [2.45, 2.75) is 32.7 Å². The van der Waals surface area contributed by atoms with Crippen LogP contribution in [0.15, 0.2) is 18.1 Å². The third-order valence-corrected chi connectivity index (χ3v) is 2.75. The first-order chi connectivity index (χ1) is 7.22.